The first-order valence-electron chi connectivity index (χ1n) is 5.96. The van der Waals surface area contributed by atoms with E-state index in [-0.39, 0.29) is 17.5 Å². The van der Waals surface area contributed by atoms with E-state index >= 15 is 0 Å². The van der Waals surface area contributed by atoms with Crippen molar-refractivity contribution in [3.63, 3.8) is 0 Å². The summed E-state index contributed by atoms with van der Waals surface area (Å²) in [6.45, 7) is 5.45. The zero-order chi connectivity index (χ0) is 14.6. The Hall–Kier alpha value is -2.18. The van der Waals surface area contributed by atoms with Crippen molar-refractivity contribution < 1.29 is 9.72 Å². The molecule has 2 N–H and O–H groups in total. The van der Waals surface area contributed by atoms with Crippen LogP contribution in [0.1, 0.15) is 19.4 Å². The molecule has 0 aliphatic rings. The van der Waals surface area contributed by atoms with Crippen LogP contribution in [0.15, 0.2) is 12.3 Å². The lowest BCUT2D eigenvalue weighted by Crippen LogP contribution is -2.41. The molecule has 0 bridgehead atoms. The monoisotopic (exact) mass is 266 g/mol. The number of nitrogens with zero attached hydrogens (tertiary/aromatic N) is 2. The summed E-state index contributed by atoms with van der Waals surface area (Å²) in [6.07, 6.45) is 1.19. The van der Waals surface area contributed by atoms with E-state index in [1.165, 1.54) is 6.20 Å². The predicted octanol–water partition coefficient (Wildman–Crippen LogP) is 1.48. The first-order valence-corrected chi connectivity index (χ1v) is 5.96. The Bertz CT molecular complexity index is 488. The number of nitrogens with one attached hydrogen (secondary N) is 2. The highest BCUT2D eigenvalue weighted by Crippen LogP contribution is 2.20. The van der Waals surface area contributed by atoms with E-state index in [9.17, 15) is 14.9 Å². The van der Waals surface area contributed by atoms with Gasteiger partial charge in [-0.25, -0.2) is 4.98 Å². The van der Waals surface area contributed by atoms with Crippen LogP contribution in [0.4, 0.5) is 11.5 Å². The Morgan fingerprint density at radius 1 is 1.47 bits per heavy atom. The zero-order valence-electron chi connectivity index (χ0n) is 11.4. The van der Waals surface area contributed by atoms with E-state index in [1.807, 2.05) is 13.8 Å². The summed E-state index contributed by atoms with van der Waals surface area (Å²) in [6, 6.07) is 1.13. The van der Waals surface area contributed by atoms with Crippen LogP contribution in [0, 0.1) is 23.0 Å². The van der Waals surface area contributed by atoms with Gasteiger partial charge in [0.15, 0.2) is 0 Å². The molecular weight excluding hydrogens is 248 g/mol. The molecule has 7 heteroatoms. The number of aromatic nitrogens is 1. The minimum absolute atomic E-state index is 0.0356. The Labute approximate surface area is 111 Å². The van der Waals surface area contributed by atoms with Crippen LogP contribution in [0.25, 0.3) is 0 Å². The molecule has 1 amide bonds. The molecule has 0 saturated heterocycles. The average molecular weight is 266 g/mol. The van der Waals surface area contributed by atoms with Gasteiger partial charge in [0.05, 0.1) is 4.92 Å². The third-order valence-corrected chi connectivity index (χ3v) is 2.78. The van der Waals surface area contributed by atoms with Crippen molar-refractivity contribution in [1.82, 2.24) is 10.3 Å². The highest BCUT2D eigenvalue weighted by molar-refractivity contribution is 5.84. The summed E-state index contributed by atoms with van der Waals surface area (Å²) in [5, 5.41) is 16.3. The standard InChI is InChI=1S/C12H18N4O3/c1-7(2)11(12(17)13-4)15-10-5-8(3)9(6-14-10)16(18)19/h5-7,11H,1-4H3,(H,13,17)(H,14,15). The van der Waals surface area contributed by atoms with Crippen LogP contribution in [0.5, 0.6) is 0 Å². The summed E-state index contributed by atoms with van der Waals surface area (Å²) >= 11 is 0. The summed E-state index contributed by atoms with van der Waals surface area (Å²) in [5.74, 6) is 0.371. The Morgan fingerprint density at radius 2 is 2.11 bits per heavy atom. The second-order valence-electron chi connectivity index (χ2n) is 4.59. The zero-order valence-corrected chi connectivity index (χ0v) is 11.4. The molecule has 0 radical (unpaired) electrons. The normalized spacial score (nSPS) is 12.1. The summed E-state index contributed by atoms with van der Waals surface area (Å²) in [7, 11) is 1.56. The van der Waals surface area contributed by atoms with Gasteiger partial charge in [0, 0.05) is 12.6 Å². The number of carbonyl (C=O) groups is 1. The molecule has 1 aromatic rings. The van der Waals surface area contributed by atoms with Crippen molar-refractivity contribution in [3.05, 3.63) is 27.9 Å². The number of aryl methyl sites for hydroxylation is 1. The lowest BCUT2D eigenvalue weighted by Gasteiger charge is -2.21. The van der Waals surface area contributed by atoms with Crippen LogP contribution in [-0.4, -0.2) is 28.9 Å². The van der Waals surface area contributed by atoms with Crippen LogP contribution < -0.4 is 10.6 Å². The molecule has 0 aromatic carbocycles. The lowest BCUT2D eigenvalue weighted by atomic mass is 10.0. The van der Waals surface area contributed by atoms with Gasteiger partial charge in [-0.15, -0.1) is 0 Å². The second kappa shape index (κ2) is 6.12. The highest BCUT2D eigenvalue weighted by Gasteiger charge is 2.22. The third kappa shape index (κ3) is 3.64. The summed E-state index contributed by atoms with van der Waals surface area (Å²) in [4.78, 5) is 25.9. The summed E-state index contributed by atoms with van der Waals surface area (Å²) in [5.41, 5.74) is 0.466. The molecule has 0 saturated carbocycles. The lowest BCUT2D eigenvalue weighted by molar-refractivity contribution is -0.385. The topological polar surface area (TPSA) is 97.2 Å². The highest BCUT2D eigenvalue weighted by atomic mass is 16.6. The van der Waals surface area contributed by atoms with Gasteiger partial charge in [0.2, 0.25) is 5.91 Å². The van der Waals surface area contributed by atoms with Crippen molar-refractivity contribution in [1.29, 1.82) is 0 Å². The Kier molecular flexibility index (Phi) is 4.80. The fourth-order valence-electron chi connectivity index (χ4n) is 1.67. The van der Waals surface area contributed by atoms with E-state index in [0.717, 1.165) is 0 Å². The number of hydrogen-bond acceptors (Lipinski definition) is 5. The van der Waals surface area contributed by atoms with E-state index < -0.39 is 11.0 Å². The smallest absolute Gasteiger partial charge is 0.290 e. The number of amides is 1. The minimum Gasteiger partial charge on any atom is -0.358 e. The maximum atomic E-state index is 11.7. The maximum absolute atomic E-state index is 11.7. The van der Waals surface area contributed by atoms with Gasteiger partial charge in [-0.05, 0) is 18.9 Å². The van der Waals surface area contributed by atoms with E-state index in [0.29, 0.717) is 11.4 Å². The van der Waals surface area contributed by atoms with Crippen molar-refractivity contribution in [2.24, 2.45) is 5.92 Å². The summed E-state index contributed by atoms with van der Waals surface area (Å²) < 4.78 is 0. The largest absolute Gasteiger partial charge is 0.358 e. The van der Waals surface area contributed by atoms with Crippen molar-refractivity contribution in [2.45, 2.75) is 26.8 Å². The van der Waals surface area contributed by atoms with Crippen LogP contribution in [0.2, 0.25) is 0 Å². The quantitative estimate of drug-likeness (QED) is 0.621. The van der Waals surface area contributed by atoms with Crippen LogP contribution in [-0.2, 0) is 4.79 Å². The molecular formula is C12H18N4O3. The van der Waals surface area contributed by atoms with Crippen LogP contribution >= 0.6 is 0 Å². The van der Waals surface area contributed by atoms with Gasteiger partial charge in [-0.2, -0.15) is 0 Å². The average Bonchev–Trinajstić information content (AvgIpc) is 2.34. The number of anilines is 1. The molecule has 1 atom stereocenters. The van der Waals surface area contributed by atoms with Gasteiger partial charge in [-0.1, -0.05) is 13.8 Å². The number of hydrogen-bond donors (Lipinski definition) is 2. The molecule has 0 fully saturated rings. The Morgan fingerprint density at radius 3 is 2.53 bits per heavy atom. The molecule has 104 valence electrons. The van der Waals surface area contributed by atoms with Gasteiger partial charge in [0.25, 0.3) is 5.69 Å². The maximum Gasteiger partial charge on any atom is 0.290 e. The van der Waals surface area contributed by atoms with E-state index in [2.05, 4.69) is 15.6 Å². The number of nitro groups is 1. The molecule has 1 heterocycles. The predicted molar refractivity (Wildman–Crippen MR) is 71.9 cm³/mol. The first kappa shape index (κ1) is 14.9. The molecule has 0 aliphatic carbocycles. The fourth-order valence-corrected chi connectivity index (χ4v) is 1.67. The molecule has 1 aromatic heterocycles. The first-order chi connectivity index (χ1) is 8.86. The van der Waals surface area contributed by atoms with Crippen molar-refractivity contribution in [3.8, 4) is 0 Å². The SMILES string of the molecule is CNC(=O)C(Nc1cc(C)c([N+](=O)[O-])cn1)C(C)C. The Balaban J connectivity index is 2.95. The number of pyridine rings is 1. The number of rotatable bonds is 5. The fraction of sp³-hybridized carbons (Fsp3) is 0.500. The van der Waals surface area contributed by atoms with Crippen molar-refractivity contribution in [2.75, 3.05) is 12.4 Å². The minimum atomic E-state index is -0.481. The molecule has 7 nitrogen and oxygen atoms in total. The second-order valence-corrected chi connectivity index (χ2v) is 4.59. The third-order valence-electron chi connectivity index (χ3n) is 2.78. The van der Waals surface area contributed by atoms with Gasteiger partial charge >= 0.3 is 0 Å². The van der Waals surface area contributed by atoms with Gasteiger partial charge < -0.3 is 10.6 Å². The van der Waals surface area contributed by atoms with E-state index in [1.54, 1.807) is 20.0 Å². The number of carbonyl (C=O) groups excluding carboxylic acids is 1. The molecule has 1 unspecified atom stereocenters. The molecule has 1 rings (SSSR count). The number of likely N-dealkylation sites (N-methyl/N-ethyl adjacent to an activating group) is 1. The van der Waals surface area contributed by atoms with Crippen molar-refractivity contribution >= 4 is 17.4 Å². The molecule has 0 aliphatic heterocycles. The molecule has 19 heavy (non-hydrogen) atoms. The van der Waals surface area contributed by atoms with Gasteiger partial charge in [-0.3, -0.25) is 14.9 Å². The van der Waals surface area contributed by atoms with Gasteiger partial charge in [0.1, 0.15) is 18.1 Å². The molecule has 0 spiro atoms. The van der Waals surface area contributed by atoms with E-state index in [4.69, 9.17) is 0 Å². The van der Waals surface area contributed by atoms with Crippen LogP contribution in [0.3, 0.4) is 0 Å².